The van der Waals surface area contributed by atoms with Gasteiger partial charge in [0.15, 0.2) is 0 Å². The average molecular weight is 458 g/mol. The van der Waals surface area contributed by atoms with Gasteiger partial charge in [0.05, 0.1) is 18.3 Å². The Balaban J connectivity index is 1.48. The Morgan fingerprint density at radius 2 is 1.50 bits per heavy atom. The molecule has 32 heavy (non-hydrogen) atoms. The first-order valence-corrected chi connectivity index (χ1v) is 10.5. The average Bonchev–Trinajstić information content (AvgIpc) is 3.31. The molecule has 3 aromatic rings. The van der Waals surface area contributed by atoms with Crippen molar-refractivity contribution in [2.24, 2.45) is 0 Å². The molecule has 8 heteroatoms. The Hall–Kier alpha value is -3.03. The fraction of sp³-hybridized carbons (Fsp3) is 0.208. The smallest absolute Gasteiger partial charge is 0.278 e. The highest BCUT2D eigenvalue weighted by Crippen LogP contribution is 2.46. The molecule has 164 valence electrons. The van der Waals surface area contributed by atoms with E-state index in [9.17, 15) is 18.0 Å². The van der Waals surface area contributed by atoms with Gasteiger partial charge in [0.25, 0.3) is 0 Å². The molecular formula is C24H19ClF3N3O. The summed E-state index contributed by atoms with van der Waals surface area (Å²) in [4.78, 5) is 14.7. The summed E-state index contributed by atoms with van der Waals surface area (Å²) >= 11 is 6.09. The molecule has 0 radical (unpaired) electrons. The van der Waals surface area contributed by atoms with E-state index in [1.807, 2.05) is 47.5 Å². The van der Waals surface area contributed by atoms with Crippen molar-refractivity contribution in [2.75, 3.05) is 18.1 Å². The van der Waals surface area contributed by atoms with Crippen molar-refractivity contribution in [3.8, 4) is 0 Å². The van der Waals surface area contributed by atoms with E-state index in [4.69, 9.17) is 11.6 Å². The van der Waals surface area contributed by atoms with Gasteiger partial charge in [0.1, 0.15) is 0 Å². The van der Waals surface area contributed by atoms with Crippen molar-refractivity contribution in [3.63, 3.8) is 0 Å². The molecule has 4 nitrogen and oxygen atoms in total. The van der Waals surface area contributed by atoms with E-state index in [1.165, 1.54) is 17.0 Å². The van der Waals surface area contributed by atoms with Gasteiger partial charge in [-0.1, -0.05) is 54.1 Å². The Labute approximate surface area is 188 Å². The summed E-state index contributed by atoms with van der Waals surface area (Å²) in [6.07, 6.45) is -4.42. The fourth-order valence-corrected chi connectivity index (χ4v) is 4.65. The SMILES string of the molecule is O=C1N(c2ccc(C(F)(F)F)cc2)CN2C(c3ccc(Cl)cc3)C(c3ccccc3)CN12. The van der Waals surface area contributed by atoms with Gasteiger partial charge >= 0.3 is 12.2 Å². The van der Waals surface area contributed by atoms with Crippen LogP contribution in [0.15, 0.2) is 78.9 Å². The summed E-state index contributed by atoms with van der Waals surface area (Å²) in [6.45, 7) is 0.730. The molecule has 0 aliphatic carbocycles. The number of rotatable bonds is 3. The molecule has 2 aliphatic rings. The van der Waals surface area contributed by atoms with Crippen molar-refractivity contribution in [2.45, 2.75) is 18.1 Å². The topological polar surface area (TPSA) is 26.8 Å². The van der Waals surface area contributed by atoms with Crippen LogP contribution in [0.4, 0.5) is 23.7 Å². The number of fused-ring (bicyclic) bond motifs is 1. The van der Waals surface area contributed by atoms with Crippen LogP contribution in [-0.2, 0) is 6.18 Å². The standard InChI is InChI=1S/C24H19ClF3N3O/c25-19-10-6-17(7-11-19)22-21(16-4-2-1-3-5-16)14-30-23(32)29(15-31(22)30)20-12-8-18(9-13-20)24(26,27)28/h1-13,21-22H,14-15H2. The van der Waals surface area contributed by atoms with Crippen molar-refractivity contribution >= 4 is 23.3 Å². The van der Waals surface area contributed by atoms with E-state index in [-0.39, 0.29) is 24.7 Å². The van der Waals surface area contributed by atoms with Crippen LogP contribution in [0, 0.1) is 0 Å². The third-order valence-electron chi connectivity index (χ3n) is 6.07. The lowest BCUT2D eigenvalue weighted by Gasteiger charge is -2.27. The van der Waals surface area contributed by atoms with Gasteiger partial charge < -0.3 is 0 Å². The summed E-state index contributed by atoms with van der Waals surface area (Å²) in [6, 6.07) is 21.9. The van der Waals surface area contributed by atoms with Crippen molar-refractivity contribution in [3.05, 3.63) is 101 Å². The summed E-state index contributed by atoms with van der Waals surface area (Å²) in [5.74, 6) is 0.0519. The number of halogens is 4. The lowest BCUT2D eigenvalue weighted by molar-refractivity contribution is -0.137. The van der Waals surface area contributed by atoms with E-state index < -0.39 is 11.7 Å². The summed E-state index contributed by atoms with van der Waals surface area (Å²) in [7, 11) is 0. The molecule has 3 aromatic carbocycles. The number of alkyl halides is 3. The number of urea groups is 1. The Kier molecular flexibility index (Phi) is 5.10. The number of hydrogen-bond acceptors (Lipinski definition) is 2. The molecule has 5 rings (SSSR count). The van der Waals surface area contributed by atoms with Crippen LogP contribution in [0.1, 0.15) is 28.7 Å². The first-order chi connectivity index (χ1) is 15.3. The van der Waals surface area contributed by atoms with Gasteiger partial charge in [0.2, 0.25) is 0 Å². The molecule has 2 amide bonds. The van der Waals surface area contributed by atoms with Gasteiger partial charge in [0, 0.05) is 23.2 Å². The van der Waals surface area contributed by atoms with Crippen LogP contribution >= 0.6 is 11.6 Å². The molecular weight excluding hydrogens is 439 g/mol. The largest absolute Gasteiger partial charge is 0.416 e. The number of amides is 2. The second-order valence-corrected chi connectivity index (χ2v) is 8.37. The van der Waals surface area contributed by atoms with E-state index in [0.29, 0.717) is 17.3 Å². The summed E-state index contributed by atoms with van der Waals surface area (Å²) in [5.41, 5.74) is 1.84. The van der Waals surface area contributed by atoms with Gasteiger partial charge in [-0.05, 0) is 47.5 Å². The number of carbonyl (C=O) groups is 1. The maximum atomic E-state index is 13.2. The van der Waals surface area contributed by atoms with Gasteiger partial charge in [-0.25, -0.2) is 4.79 Å². The van der Waals surface area contributed by atoms with Gasteiger partial charge in [-0.2, -0.15) is 18.2 Å². The zero-order valence-corrected chi connectivity index (χ0v) is 17.6. The van der Waals surface area contributed by atoms with Crippen LogP contribution in [0.3, 0.4) is 0 Å². The minimum Gasteiger partial charge on any atom is -0.278 e. The monoisotopic (exact) mass is 457 g/mol. The molecule has 0 spiro atoms. The Morgan fingerprint density at radius 1 is 0.844 bits per heavy atom. The summed E-state index contributed by atoms with van der Waals surface area (Å²) in [5, 5.41) is 4.30. The molecule has 0 N–H and O–H groups in total. The van der Waals surface area contributed by atoms with Crippen LogP contribution in [0.2, 0.25) is 5.02 Å². The second-order valence-electron chi connectivity index (χ2n) is 7.93. The molecule has 2 heterocycles. The van der Waals surface area contributed by atoms with Gasteiger partial charge in [-0.3, -0.25) is 9.91 Å². The lowest BCUT2D eigenvalue weighted by Crippen LogP contribution is -2.33. The van der Waals surface area contributed by atoms with Gasteiger partial charge in [-0.15, -0.1) is 0 Å². The maximum Gasteiger partial charge on any atom is 0.416 e. The molecule has 2 saturated heterocycles. The Morgan fingerprint density at radius 3 is 2.12 bits per heavy atom. The van der Waals surface area contributed by atoms with Crippen molar-refractivity contribution in [1.29, 1.82) is 0 Å². The number of hydrogen-bond donors (Lipinski definition) is 0. The minimum absolute atomic E-state index is 0.0519. The van der Waals surface area contributed by atoms with E-state index >= 15 is 0 Å². The van der Waals surface area contributed by atoms with E-state index in [0.717, 1.165) is 23.3 Å². The number of carbonyl (C=O) groups excluding carboxylic acids is 1. The van der Waals surface area contributed by atoms with Crippen LogP contribution in [0.5, 0.6) is 0 Å². The van der Waals surface area contributed by atoms with Crippen molar-refractivity contribution < 1.29 is 18.0 Å². The van der Waals surface area contributed by atoms with E-state index in [1.54, 1.807) is 5.01 Å². The third-order valence-corrected chi connectivity index (χ3v) is 6.32. The Bertz CT molecular complexity index is 1120. The molecule has 2 unspecified atom stereocenters. The predicted octanol–water partition coefficient (Wildman–Crippen LogP) is 6.31. The molecule has 0 saturated carbocycles. The summed E-state index contributed by atoms with van der Waals surface area (Å²) < 4.78 is 38.8. The molecule has 0 aromatic heterocycles. The maximum absolute atomic E-state index is 13.2. The number of nitrogens with zero attached hydrogens (tertiary/aromatic N) is 3. The van der Waals surface area contributed by atoms with Crippen LogP contribution < -0.4 is 4.90 Å². The molecule has 0 bridgehead atoms. The highest BCUT2D eigenvalue weighted by Gasteiger charge is 2.50. The molecule has 2 atom stereocenters. The van der Waals surface area contributed by atoms with E-state index in [2.05, 4.69) is 12.1 Å². The first-order valence-electron chi connectivity index (χ1n) is 10.2. The highest BCUT2D eigenvalue weighted by molar-refractivity contribution is 6.30. The predicted molar refractivity (Wildman–Crippen MR) is 116 cm³/mol. The molecule has 2 aliphatic heterocycles. The lowest BCUT2D eigenvalue weighted by atomic mass is 9.88. The van der Waals surface area contributed by atoms with Crippen LogP contribution in [-0.4, -0.2) is 29.3 Å². The number of hydrazine groups is 1. The quantitative estimate of drug-likeness (QED) is 0.460. The van der Waals surface area contributed by atoms with Crippen LogP contribution in [0.25, 0.3) is 0 Å². The zero-order valence-electron chi connectivity index (χ0n) is 16.8. The third kappa shape index (κ3) is 3.61. The second kappa shape index (κ2) is 7.83. The minimum atomic E-state index is -4.42. The number of benzene rings is 3. The highest BCUT2D eigenvalue weighted by atomic mass is 35.5. The zero-order chi connectivity index (χ0) is 22.5. The first kappa shape index (κ1) is 20.8. The number of anilines is 1. The fourth-order valence-electron chi connectivity index (χ4n) is 4.52. The normalized spacial score (nSPS) is 21.3. The molecule has 2 fully saturated rings. The van der Waals surface area contributed by atoms with Crippen molar-refractivity contribution in [1.82, 2.24) is 10.0 Å².